The van der Waals surface area contributed by atoms with Crippen LogP contribution in [0.4, 0.5) is 5.82 Å². The number of nitrogens with two attached hydrogens (primary N) is 1. The minimum Gasteiger partial charge on any atom is -0.382 e. The summed E-state index contributed by atoms with van der Waals surface area (Å²) in [4.78, 5) is 8.50. The average molecular weight is 204 g/mol. The predicted molar refractivity (Wildman–Crippen MR) is 61.7 cm³/mol. The summed E-state index contributed by atoms with van der Waals surface area (Å²) in [6, 6.07) is 2.02. The van der Waals surface area contributed by atoms with Gasteiger partial charge in [-0.25, -0.2) is 9.97 Å². The van der Waals surface area contributed by atoms with Gasteiger partial charge in [0, 0.05) is 11.2 Å². The Bertz CT molecular complexity index is 505. The van der Waals surface area contributed by atoms with Gasteiger partial charge in [-0.2, -0.15) is 0 Å². The zero-order chi connectivity index (χ0) is 11.2. The Morgan fingerprint density at radius 2 is 2.00 bits per heavy atom. The number of nitrogens with zero attached hydrogens (tertiary/aromatic N) is 3. The molecule has 2 N–H and O–H groups in total. The first kappa shape index (κ1) is 9.96. The van der Waals surface area contributed by atoms with E-state index in [1.807, 2.05) is 19.3 Å². The number of anilines is 1. The van der Waals surface area contributed by atoms with Crippen molar-refractivity contribution in [1.29, 1.82) is 0 Å². The Labute approximate surface area is 89.1 Å². The molecular formula is C11H16N4. The average Bonchev–Trinajstić information content (AvgIpc) is 2.45. The highest BCUT2D eigenvalue weighted by molar-refractivity contribution is 5.85. The van der Waals surface area contributed by atoms with E-state index in [4.69, 9.17) is 5.73 Å². The van der Waals surface area contributed by atoms with Gasteiger partial charge >= 0.3 is 0 Å². The Kier molecular flexibility index (Phi) is 1.96. The maximum atomic E-state index is 5.83. The quantitative estimate of drug-likeness (QED) is 0.714. The summed E-state index contributed by atoms with van der Waals surface area (Å²) < 4.78 is 2.12. The lowest BCUT2D eigenvalue weighted by molar-refractivity contribution is 0.408. The van der Waals surface area contributed by atoms with E-state index in [0.29, 0.717) is 5.82 Å². The van der Waals surface area contributed by atoms with Crippen LogP contribution in [0.5, 0.6) is 0 Å². The van der Waals surface area contributed by atoms with Crippen LogP contribution in [-0.2, 0) is 5.54 Å². The molecule has 0 aliphatic rings. The molecule has 0 radical (unpaired) electrons. The standard InChI is InChI=1S/C11H16N4/c1-7-5-8-9(10(12)14-7)13-6-15(8)11(2,3)4/h5-6H,1-4H3,(H2,12,14). The first-order valence-electron chi connectivity index (χ1n) is 5.00. The Balaban J connectivity index is 2.80. The Morgan fingerprint density at radius 3 is 2.60 bits per heavy atom. The second-order valence-corrected chi connectivity index (χ2v) is 4.80. The van der Waals surface area contributed by atoms with Gasteiger partial charge in [-0.15, -0.1) is 0 Å². The molecule has 80 valence electrons. The molecule has 2 rings (SSSR count). The molecule has 0 aliphatic carbocycles. The molecule has 0 saturated carbocycles. The summed E-state index contributed by atoms with van der Waals surface area (Å²) in [5.74, 6) is 0.507. The number of hydrogen-bond acceptors (Lipinski definition) is 3. The molecule has 0 spiro atoms. The highest BCUT2D eigenvalue weighted by atomic mass is 15.1. The number of aromatic nitrogens is 3. The van der Waals surface area contributed by atoms with E-state index in [1.54, 1.807) is 0 Å². The minimum atomic E-state index is 0.00891. The van der Waals surface area contributed by atoms with Gasteiger partial charge in [-0.05, 0) is 33.8 Å². The lowest BCUT2D eigenvalue weighted by Crippen LogP contribution is -2.20. The molecule has 2 aromatic heterocycles. The van der Waals surface area contributed by atoms with Gasteiger partial charge in [0.1, 0.15) is 5.52 Å². The second-order valence-electron chi connectivity index (χ2n) is 4.80. The molecule has 0 saturated heterocycles. The summed E-state index contributed by atoms with van der Waals surface area (Å²) in [6.07, 6.45) is 1.82. The summed E-state index contributed by atoms with van der Waals surface area (Å²) in [7, 11) is 0. The number of hydrogen-bond donors (Lipinski definition) is 1. The normalized spacial score (nSPS) is 12.3. The number of aryl methyl sites for hydroxylation is 1. The van der Waals surface area contributed by atoms with Crippen molar-refractivity contribution in [2.24, 2.45) is 0 Å². The van der Waals surface area contributed by atoms with Crippen molar-refractivity contribution in [2.45, 2.75) is 33.2 Å². The van der Waals surface area contributed by atoms with Crippen molar-refractivity contribution in [3.05, 3.63) is 18.1 Å². The predicted octanol–water partition coefficient (Wildman–Crippen LogP) is 2.08. The molecule has 4 nitrogen and oxygen atoms in total. The fourth-order valence-electron chi connectivity index (χ4n) is 1.70. The third-order valence-corrected chi connectivity index (χ3v) is 2.41. The molecule has 0 fully saturated rings. The molecule has 0 aliphatic heterocycles. The van der Waals surface area contributed by atoms with Crippen LogP contribution < -0.4 is 5.73 Å². The van der Waals surface area contributed by atoms with Gasteiger partial charge in [0.15, 0.2) is 5.82 Å². The lowest BCUT2D eigenvalue weighted by Gasteiger charge is -2.21. The van der Waals surface area contributed by atoms with E-state index in [0.717, 1.165) is 16.7 Å². The SMILES string of the molecule is Cc1cc2c(ncn2C(C)(C)C)c(N)n1. The maximum Gasteiger partial charge on any atom is 0.151 e. The van der Waals surface area contributed by atoms with Gasteiger partial charge < -0.3 is 10.3 Å². The lowest BCUT2D eigenvalue weighted by atomic mass is 10.1. The highest BCUT2D eigenvalue weighted by Crippen LogP contribution is 2.24. The van der Waals surface area contributed by atoms with Crippen LogP contribution >= 0.6 is 0 Å². The van der Waals surface area contributed by atoms with Gasteiger partial charge in [-0.1, -0.05) is 0 Å². The van der Waals surface area contributed by atoms with Crippen molar-refractivity contribution in [1.82, 2.24) is 14.5 Å². The molecule has 2 aromatic rings. The molecular weight excluding hydrogens is 188 g/mol. The molecule has 0 aromatic carbocycles. The second kappa shape index (κ2) is 2.95. The highest BCUT2D eigenvalue weighted by Gasteiger charge is 2.17. The minimum absolute atomic E-state index is 0.00891. The van der Waals surface area contributed by atoms with E-state index >= 15 is 0 Å². The fourth-order valence-corrected chi connectivity index (χ4v) is 1.70. The van der Waals surface area contributed by atoms with Crippen LogP contribution in [0.1, 0.15) is 26.5 Å². The van der Waals surface area contributed by atoms with Crippen LogP contribution in [0.25, 0.3) is 11.0 Å². The zero-order valence-electron chi connectivity index (χ0n) is 9.57. The van der Waals surface area contributed by atoms with Crippen LogP contribution in [0.2, 0.25) is 0 Å². The smallest absolute Gasteiger partial charge is 0.151 e. The van der Waals surface area contributed by atoms with Crippen LogP contribution in [-0.4, -0.2) is 14.5 Å². The van der Waals surface area contributed by atoms with Crippen molar-refractivity contribution in [3.8, 4) is 0 Å². The van der Waals surface area contributed by atoms with Crippen molar-refractivity contribution < 1.29 is 0 Å². The van der Waals surface area contributed by atoms with Crippen LogP contribution in [0, 0.1) is 6.92 Å². The fraction of sp³-hybridized carbons (Fsp3) is 0.455. The third-order valence-electron chi connectivity index (χ3n) is 2.41. The monoisotopic (exact) mass is 204 g/mol. The van der Waals surface area contributed by atoms with Gasteiger partial charge in [0.2, 0.25) is 0 Å². The summed E-state index contributed by atoms with van der Waals surface area (Å²) in [6.45, 7) is 8.36. The first-order chi connectivity index (χ1) is 6.89. The van der Waals surface area contributed by atoms with E-state index in [2.05, 4.69) is 35.3 Å². The summed E-state index contributed by atoms with van der Waals surface area (Å²) in [5.41, 5.74) is 8.59. The topological polar surface area (TPSA) is 56.7 Å². The summed E-state index contributed by atoms with van der Waals surface area (Å²) in [5, 5.41) is 0. The van der Waals surface area contributed by atoms with Crippen LogP contribution in [0.3, 0.4) is 0 Å². The van der Waals surface area contributed by atoms with Crippen molar-refractivity contribution >= 4 is 16.9 Å². The number of pyridine rings is 1. The maximum absolute atomic E-state index is 5.83. The van der Waals surface area contributed by atoms with Crippen LogP contribution in [0.15, 0.2) is 12.4 Å². The molecule has 0 atom stereocenters. The molecule has 0 unspecified atom stereocenters. The molecule has 0 amide bonds. The van der Waals surface area contributed by atoms with E-state index in [-0.39, 0.29) is 5.54 Å². The summed E-state index contributed by atoms with van der Waals surface area (Å²) >= 11 is 0. The molecule has 4 heteroatoms. The van der Waals surface area contributed by atoms with Gasteiger partial charge in [0.25, 0.3) is 0 Å². The number of imidazole rings is 1. The van der Waals surface area contributed by atoms with Gasteiger partial charge in [0.05, 0.1) is 11.8 Å². The number of fused-ring (bicyclic) bond motifs is 1. The van der Waals surface area contributed by atoms with Crippen molar-refractivity contribution in [3.63, 3.8) is 0 Å². The molecule has 2 heterocycles. The largest absolute Gasteiger partial charge is 0.382 e. The molecule has 15 heavy (non-hydrogen) atoms. The van der Waals surface area contributed by atoms with E-state index < -0.39 is 0 Å². The first-order valence-corrected chi connectivity index (χ1v) is 5.00. The zero-order valence-corrected chi connectivity index (χ0v) is 9.57. The number of rotatable bonds is 0. The van der Waals surface area contributed by atoms with E-state index in [1.165, 1.54) is 0 Å². The third kappa shape index (κ3) is 1.56. The van der Waals surface area contributed by atoms with Gasteiger partial charge in [-0.3, -0.25) is 0 Å². The number of nitrogen functional groups attached to an aromatic ring is 1. The Morgan fingerprint density at radius 1 is 1.33 bits per heavy atom. The Hall–Kier alpha value is -1.58. The van der Waals surface area contributed by atoms with Crippen molar-refractivity contribution in [2.75, 3.05) is 5.73 Å². The van der Waals surface area contributed by atoms with E-state index in [9.17, 15) is 0 Å². The molecule has 0 bridgehead atoms.